The van der Waals surface area contributed by atoms with Crippen LogP contribution in [0.2, 0.25) is 0 Å². The van der Waals surface area contributed by atoms with Crippen molar-refractivity contribution in [1.29, 1.82) is 0 Å². The third-order valence-corrected chi connectivity index (χ3v) is 7.51. The number of hydrogen-bond acceptors (Lipinski definition) is 3. The smallest absolute Gasteiger partial charge is 0.223 e. The zero-order valence-corrected chi connectivity index (χ0v) is 15.3. The molecule has 24 heavy (non-hydrogen) atoms. The third-order valence-electron chi connectivity index (χ3n) is 7.51. The highest BCUT2D eigenvalue weighted by Crippen LogP contribution is 2.65. The lowest BCUT2D eigenvalue weighted by Crippen LogP contribution is -2.47. The Bertz CT molecular complexity index is 511. The zero-order valence-electron chi connectivity index (χ0n) is 15.3. The maximum Gasteiger partial charge on any atom is 0.223 e. The van der Waals surface area contributed by atoms with Crippen molar-refractivity contribution in [3.05, 3.63) is 0 Å². The second-order valence-corrected chi connectivity index (χ2v) is 8.84. The number of amides is 2. The molecule has 5 heteroatoms. The van der Waals surface area contributed by atoms with E-state index in [-0.39, 0.29) is 47.6 Å². The van der Waals surface area contributed by atoms with Crippen LogP contribution in [0.25, 0.3) is 0 Å². The van der Waals surface area contributed by atoms with Gasteiger partial charge in [-0.05, 0) is 48.9 Å². The minimum atomic E-state index is -0.278. The number of rotatable bonds is 4. The Labute approximate surface area is 145 Å². The first-order valence-corrected chi connectivity index (χ1v) is 9.49. The van der Waals surface area contributed by atoms with Crippen molar-refractivity contribution < 1.29 is 14.7 Å². The van der Waals surface area contributed by atoms with Gasteiger partial charge in [0.05, 0.1) is 6.10 Å². The quantitative estimate of drug-likeness (QED) is 0.826. The van der Waals surface area contributed by atoms with E-state index in [1.54, 1.807) is 4.90 Å². The van der Waals surface area contributed by atoms with E-state index < -0.39 is 0 Å². The fourth-order valence-electron chi connectivity index (χ4n) is 5.18. The van der Waals surface area contributed by atoms with Crippen molar-refractivity contribution in [3.8, 4) is 0 Å². The van der Waals surface area contributed by atoms with Gasteiger partial charge < -0.3 is 15.3 Å². The topological polar surface area (TPSA) is 69.6 Å². The van der Waals surface area contributed by atoms with Gasteiger partial charge >= 0.3 is 0 Å². The number of fused-ring (bicyclic) bond motifs is 2. The first-order valence-electron chi connectivity index (χ1n) is 9.49. The number of hydrogen-bond donors (Lipinski definition) is 2. The second kappa shape index (κ2) is 6.32. The van der Waals surface area contributed by atoms with Gasteiger partial charge in [-0.15, -0.1) is 0 Å². The summed E-state index contributed by atoms with van der Waals surface area (Å²) in [4.78, 5) is 26.3. The lowest BCUT2D eigenvalue weighted by atomic mass is 9.69. The van der Waals surface area contributed by atoms with Crippen molar-refractivity contribution in [2.24, 2.45) is 16.7 Å². The SMILES string of the molecule is CC1(C)C2CCC1(C)C(NC(=O)CCC(=O)N1CCC(O)CC1)C2. The van der Waals surface area contributed by atoms with Crippen molar-refractivity contribution >= 4 is 11.8 Å². The molecule has 2 N–H and O–H groups in total. The summed E-state index contributed by atoms with van der Waals surface area (Å²) in [5, 5.41) is 12.7. The average molecular weight is 336 g/mol. The number of likely N-dealkylation sites (tertiary alicyclic amines) is 1. The molecule has 3 atom stereocenters. The van der Waals surface area contributed by atoms with E-state index in [1.807, 2.05) is 0 Å². The zero-order chi connectivity index (χ0) is 17.5. The normalized spacial score (nSPS) is 35.2. The van der Waals surface area contributed by atoms with Crippen LogP contribution in [0.1, 0.15) is 65.7 Å². The molecule has 1 aliphatic heterocycles. The Morgan fingerprint density at radius 2 is 1.79 bits per heavy atom. The highest BCUT2D eigenvalue weighted by atomic mass is 16.3. The van der Waals surface area contributed by atoms with Crippen LogP contribution in [0, 0.1) is 16.7 Å². The average Bonchev–Trinajstić information content (AvgIpc) is 2.86. The van der Waals surface area contributed by atoms with E-state index in [2.05, 4.69) is 26.1 Å². The number of aliphatic hydroxyl groups excluding tert-OH is 1. The van der Waals surface area contributed by atoms with E-state index in [4.69, 9.17) is 0 Å². The summed E-state index contributed by atoms with van der Waals surface area (Å²) in [6.45, 7) is 8.21. The standard InChI is InChI=1S/C19H32N2O3/c1-18(2)13-6-9-19(18,3)15(12-13)20-16(23)4-5-17(24)21-10-7-14(22)8-11-21/h13-15,22H,4-12H2,1-3H3,(H,20,23). The van der Waals surface area contributed by atoms with Crippen molar-refractivity contribution in [2.75, 3.05) is 13.1 Å². The molecule has 2 amide bonds. The molecular weight excluding hydrogens is 304 g/mol. The maximum absolute atomic E-state index is 12.3. The van der Waals surface area contributed by atoms with Crippen LogP contribution in [0.4, 0.5) is 0 Å². The molecule has 3 rings (SSSR count). The molecule has 3 unspecified atom stereocenters. The lowest BCUT2D eigenvalue weighted by Gasteiger charge is -2.39. The molecule has 0 spiro atoms. The molecular formula is C19H32N2O3. The number of nitrogens with zero attached hydrogens (tertiary/aromatic N) is 1. The van der Waals surface area contributed by atoms with Gasteiger partial charge in [0, 0.05) is 32.0 Å². The predicted molar refractivity (Wildman–Crippen MR) is 92.2 cm³/mol. The highest BCUT2D eigenvalue weighted by Gasteiger charge is 2.61. The predicted octanol–water partition coefficient (Wildman–Crippen LogP) is 2.08. The summed E-state index contributed by atoms with van der Waals surface area (Å²) >= 11 is 0. The van der Waals surface area contributed by atoms with Gasteiger partial charge in [0.1, 0.15) is 0 Å². The molecule has 0 aromatic carbocycles. The van der Waals surface area contributed by atoms with E-state index >= 15 is 0 Å². The fourth-order valence-corrected chi connectivity index (χ4v) is 5.18. The summed E-state index contributed by atoms with van der Waals surface area (Å²) in [5.41, 5.74) is 0.468. The minimum absolute atomic E-state index is 0.00923. The van der Waals surface area contributed by atoms with Gasteiger partial charge in [0.25, 0.3) is 0 Å². The van der Waals surface area contributed by atoms with E-state index in [0.717, 1.165) is 6.42 Å². The van der Waals surface area contributed by atoms with Crippen LogP contribution in [0.5, 0.6) is 0 Å². The number of nitrogens with one attached hydrogen (secondary N) is 1. The van der Waals surface area contributed by atoms with Crippen molar-refractivity contribution in [2.45, 2.75) is 77.9 Å². The second-order valence-electron chi connectivity index (χ2n) is 8.84. The Balaban J connectivity index is 1.46. The van der Waals surface area contributed by atoms with Gasteiger partial charge in [0.15, 0.2) is 0 Å². The lowest BCUT2D eigenvalue weighted by molar-refractivity contribution is -0.135. The number of piperidine rings is 1. The van der Waals surface area contributed by atoms with Crippen LogP contribution in [0.15, 0.2) is 0 Å². The first kappa shape index (κ1) is 17.7. The van der Waals surface area contributed by atoms with Gasteiger partial charge in [-0.25, -0.2) is 0 Å². The maximum atomic E-state index is 12.3. The van der Waals surface area contributed by atoms with Crippen LogP contribution in [-0.2, 0) is 9.59 Å². The van der Waals surface area contributed by atoms with Crippen molar-refractivity contribution in [1.82, 2.24) is 10.2 Å². The summed E-state index contributed by atoms with van der Waals surface area (Å²) < 4.78 is 0. The Hall–Kier alpha value is -1.10. The Morgan fingerprint density at radius 3 is 2.33 bits per heavy atom. The molecule has 3 aliphatic rings. The van der Waals surface area contributed by atoms with E-state index in [0.29, 0.717) is 31.8 Å². The number of carbonyl (C=O) groups is 2. The van der Waals surface area contributed by atoms with Crippen LogP contribution < -0.4 is 5.32 Å². The number of carbonyl (C=O) groups excluding carboxylic acids is 2. The summed E-state index contributed by atoms with van der Waals surface area (Å²) in [6.07, 6.45) is 5.10. The number of aliphatic hydroxyl groups is 1. The molecule has 0 radical (unpaired) electrons. The molecule has 0 aromatic heterocycles. The van der Waals surface area contributed by atoms with Crippen LogP contribution >= 0.6 is 0 Å². The molecule has 5 nitrogen and oxygen atoms in total. The summed E-state index contributed by atoms with van der Waals surface area (Å²) in [6, 6.07) is 0.249. The van der Waals surface area contributed by atoms with Gasteiger partial charge in [-0.2, -0.15) is 0 Å². The largest absolute Gasteiger partial charge is 0.393 e. The molecule has 1 heterocycles. The van der Waals surface area contributed by atoms with E-state index in [1.165, 1.54) is 12.8 Å². The van der Waals surface area contributed by atoms with Crippen LogP contribution in [-0.4, -0.2) is 47.1 Å². The summed E-state index contributed by atoms with van der Waals surface area (Å²) in [7, 11) is 0. The molecule has 3 fully saturated rings. The molecule has 0 aromatic rings. The van der Waals surface area contributed by atoms with Crippen LogP contribution in [0.3, 0.4) is 0 Å². The first-order chi connectivity index (χ1) is 11.2. The minimum Gasteiger partial charge on any atom is -0.393 e. The Morgan fingerprint density at radius 1 is 1.12 bits per heavy atom. The molecule has 2 bridgehead atoms. The van der Waals surface area contributed by atoms with Gasteiger partial charge in [-0.1, -0.05) is 20.8 Å². The molecule has 2 saturated carbocycles. The molecule has 1 saturated heterocycles. The third kappa shape index (κ3) is 2.96. The summed E-state index contributed by atoms with van der Waals surface area (Å²) in [5.74, 6) is 0.751. The fraction of sp³-hybridized carbons (Fsp3) is 0.895. The monoisotopic (exact) mass is 336 g/mol. The van der Waals surface area contributed by atoms with Crippen molar-refractivity contribution in [3.63, 3.8) is 0 Å². The van der Waals surface area contributed by atoms with Gasteiger partial charge in [0.2, 0.25) is 11.8 Å². The van der Waals surface area contributed by atoms with E-state index in [9.17, 15) is 14.7 Å². The molecule has 2 aliphatic carbocycles. The molecule has 136 valence electrons. The van der Waals surface area contributed by atoms with Gasteiger partial charge in [-0.3, -0.25) is 9.59 Å². The Kier molecular flexibility index (Phi) is 4.67. The highest BCUT2D eigenvalue weighted by molar-refractivity contribution is 5.84.